The van der Waals surface area contributed by atoms with Crippen LogP contribution in [0, 0.1) is 0 Å². The van der Waals surface area contributed by atoms with Crippen LogP contribution in [-0.4, -0.2) is 41.5 Å². The molecule has 1 aliphatic heterocycles. The predicted octanol–water partition coefficient (Wildman–Crippen LogP) is 3.98. The molecule has 0 bridgehead atoms. The number of carbonyl (C=O) groups is 3. The monoisotopic (exact) mass is 524 g/mol. The van der Waals surface area contributed by atoms with Gasteiger partial charge < -0.3 is 21.1 Å². The standard InChI is InChI=1S/C26H25ClN4O4S/c1-4-16-12-19(26(35)31-23(16)28-15(2)36-3)25(34)29-21-13-18(10-11-20(21)27)24(33)30-22(14-32)17-8-6-5-7-9-17/h4-13,22,32H,2,14H2,1,3H3,(H,29,34)(H,30,33)(H,28,31,35)/b16-4-. The van der Waals surface area contributed by atoms with Crippen molar-refractivity contribution in [1.29, 1.82) is 0 Å². The molecule has 8 nitrogen and oxygen atoms in total. The molecule has 0 saturated carbocycles. The topological polar surface area (TPSA) is 120 Å². The Labute approximate surface area is 218 Å². The number of aliphatic imine (C=N–C) groups is 1. The van der Waals surface area contributed by atoms with Gasteiger partial charge in [0.15, 0.2) is 0 Å². The first kappa shape index (κ1) is 26.9. The molecular weight excluding hydrogens is 500 g/mol. The zero-order valence-corrected chi connectivity index (χ0v) is 21.2. The summed E-state index contributed by atoms with van der Waals surface area (Å²) in [7, 11) is 0. The number of hydrogen-bond acceptors (Lipinski definition) is 6. The van der Waals surface area contributed by atoms with Crippen molar-refractivity contribution in [1.82, 2.24) is 10.6 Å². The molecule has 10 heteroatoms. The third kappa shape index (κ3) is 6.51. The Bertz CT molecular complexity index is 1290. The maximum absolute atomic E-state index is 12.9. The van der Waals surface area contributed by atoms with E-state index in [9.17, 15) is 19.5 Å². The van der Waals surface area contributed by atoms with E-state index in [2.05, 4.69) is 27.5 Å². The summed E-state index contributed by atoms with van der Waals surface area (Å²) >= 11 is 7.58. The molecule has 36 heavy (non-hydrogen) atoms. The van der Waals surface area contributed by atoms with Crippen LogP contribution in [0.3, 0.4) is 0 Å². The van der Waals surface area contributed by atoms with Gasteiger partial charge in [-0.2, -0.15) is 0 Å². The average molecular weight is 525 g/mol. The highest BCUT2D eigenvalue weighted by atomic mass is 35.5. The molecule has 2 aromatic rings. The molecular formula is C26H25ClN4O4S. The van der Waals surface area contributed by atoms with Crippen LogP contribution < -0.4 is 16.0 Å². The molecule has 0 spiro atoms. The number of nitrogens with zero attached hydrogens (tertiary/aromatic N) is 1. The van der Waals surface area contributed by atoms with Crippen molar-refractivity contribution in [2.24, 2.45) is 4.99 Å². The first-order valence-corrected chi connectivity index (χ1v) is 12.5. The Hall–Kier alpha value is -3.66. The summed E-state index contributed by atoms with van der Waals surface area (Å²) < 4.78 is 0. The van der Waals surface area contributed by atoms with Gasteiger partial charge in [0.1, 0.15) is 11.4 Å². The van der Waals surface area contributed by atoms with Crippen LogP contribution in [0.1, 0.15) is 28.9 Å². The number of amidine groups is 1. The Kier molecular flexibility index (Phi) is 9.24. The third-order valence-electron chi connectivity index (χ3n) is 5.24. The molecule has 1 heterocycles. The van der Waals surface area contributed by atoms with E-state index in [1.807, 2.05) is 24.5 Å². The number of aliphatic hydroxyl groups is 1. The average Bonchev–Trinajstić information content (AvgIpc) is 2.88. The van der Waals surface area contributed by atoms with Gasteiger partial charge in [0.05, 0.1) is 28.4 Å². The lowest BCUT2D eigenvalue weighted by atomic mass is 10.0. The van der Waals surface area contributed by atoms with Crippen LogP contribution in [-0.2, 0) is 9.59 Å². The number of rotatable bonds is 8. The van der Waals surface area contributed by atoms with Gasteiger partial charge in [-0.15, -0.1) is 11.8 Å². The van der Waals surface area contributed by atoms with Crippen molar-refractivity contribution in [2.45, 2.75) is 13.0 Å². The molecule has 1 atom stereocenters. The lowest BCUT2D eigenvalue weighted by Crippen LogP contribution is -2.40. The number of allylic oxidation sites excluding steroid dienone is 1. The highest BCUT2D eigenvalue weighted by molar-refractivity contribution is 8.02. The number of anilines is 1. The van der Waals surface area contributed by atoms with Gasteiger partial charge in [-0.1, -0.05) is 54.6 Å². The van der Waals surface area contributed by atoms with Gasteiger partial charge >= 0.3 is 0 Å². The SMILES string of the molecule is C=C(/N=C1/NC(=O)C(C(=O)Nc2cc(C(=O)NC(CO)c3ccccc3)ccc2Cl)=C/C1=C/C)SC. The van der Waals surface area contributed by atoms with Gasteiger partial charge in [-0.3, -0.25) is 14.4 Å². The number of amides is 3. The second-order valence-corrected chi connectivity index (χ2v) is 8.87. The Morgan fingerprint density at radius 3 is 2.58 bits per heavy atom. The van der Waals surface area contributed by atoms with Gasteiger partial charge in [0.2, 0.25) is 0 Å². The van der Waals surface area contributed by atoms with Crippen molar-refractivity contribution in [2.75, 3.05) is 18.2 Å². The summed E-state index contributed by atoms with van der Waals surface area (Å²) in [6.07, 6.45) is 4.95. The van der Waals surface area contributed by atoms with Crippen LogP contribution in [0.5, 0.6) is 0 Å². The Balaban J connectivity index is 1.80. The third-order valence-corrected chi connectivity index (χ3v) is 6.14. The number of carbonyl (C=O) groups excluding carboxylic acids is 3. The van der Waals surface area contributed by atoms with Crippen molar-refractivity contribution >= 4 is 52.6 Å². The number of aliphatic hydroxyl groups excluding tert-OH is 1. The number of thioether (sulfide) groups is 1. The number of nitrogens with one attached hydrogen (secondary N) is 3. The summed E-state index contributed by atoms with van der Waals surface area (Å²) in [5.41, 5.74) is 1.51. The van der Waals surface area contributed by atoms with Crippen LogP contribution in [0.4, 0.5) is 5.69 Å². The maximum atomic E-state index is 12.9. The van der Waals surface area contributed by atoms with Crippen LogP contribution in [0.2, 0.25) is 5.02 Å². The van der Waals surface area contributed by atoms with Crippen LogP contribution >= 0.6 is 23.4 Å². The van der Waals surface area contributed by atoms with Gasteiger partial charge in [0.25, 0.3) is 17.7 Å². The van der Waals surface area contributed by atoms with Gasteiger partial charge in [-0.25, -0.2) is 4.99 Å². The van der Waals surface area contributed by atoms with Crippen LogP contribution in [0.15, 0.2) is 88.4 Å². The van der Waals surface area contributed by atoms with E-state index in [1.165, 1.54) is 36.0 Å². The summed E-state index contributed by atoms with van der Waals surface area (Å²) in [6, 6.07) is 12.8. The predicted molar refractivity (Wildman–Crippen MR) is 144 cm³/mol. The van der Waals surface area contributed by atoms with Gasteiger partial charge in [-0.05, 0) is 43.0 Å². The smallest absolute Gasteiger partial charge is 0.262 e. The highest BCUT2D eigenvalue weighted by Gasteiger charge is 2.27. The second kappa shape index (κ2) is 12.3. The molecule has 0 aliphatic carbocycles. The molecule has 4 N–H and O–H groups in total. The minimum Gasteiger partial charge on any atom is -0.394 e. The maximum Gasteiger partial charge on any atom is 0.262 e. The minimum atomic E-state index is -0.702. The Morgan fingerprint density at radius 2 is 1.94 bits per heavy atom. The molecule has 186 valence electrons. The normalized spacial score (nSPS) is 16.2. The molecule has 0 fully saturated rings. The zero-order chi connectivity index (χ0) is 26.2. The summed E-state index contributed by atoms with van der Waals surface area (Å²) in [6.45, 7) is 5.24. The first-order chi connectivity index (χ1) is 17.3. The van der Waals surface area contributed by atoms with E-state index >= 15 is 0 Å². The molecule has 0 radical (unpaired) electrons. The van der Waals surface area contributed by atoms with E-state index in [4.69, 9.17) is 11.6 Å². The van der Waals surface area contributed by atoms with Crippen molar-refractivity contribution in [3.63, 3.8) is 0 Å². The van der Waals surface area contributed by atoms with E-state index < -0.39 is 23.8 Å². The summed E-state index contributed by atoms with van der Waals surface area (Å²) in [5.74, 6) is -1.51. The molecule has 1 unspecified atom stereocenters. The van der Waals surface area contributed by atoms with E-state index in [0.717, 1.165) is 5.56 Å². The van der Waals surface area contributed by atoms with Gasteiger partial charge in [0, 0.05) is 11.1 Å². The molecule has 2 aromatic carbocycles. The molecule has 1 aliphatic rings. The minimum absolute atomic E-state index is 0.146. The fraction of sp³-hybridized carbons (Fsp3) is 0.154. The van der Waals surface area contributed by atoms with Crippen LogP contribution in [0.25, 0.3) is 0 Å². The second-order valence-electron chi connectivity index (χ2n) is 7.58. The van der Waals surface area contributed by atoms with E-state index in [0.29, 0.717) is 16.4 Å². The van der Waals surface area contributed by atoms with Crippen molar-refractivity contribution in [3.8, 4) is 0 Å². The Morgan fingerprint density at radius 1 is 1.22 bits per heavy atom. The molecule has 3 amide bonds. The lowest BCUT2D eigenvalue weighted by Gasteiger charge is -2.19. The summed E-state index contributed by atoms with van der Waals surface area (Å²) in [4.78, 5) is 42.7. The molecule has 0 aromatic heterocycles. The lowest BCUT2D eigenvalue weighted by molar-refractivity contribution is -0.120. The fourth-order valence-electron chi connectivity index (χ4n) is 3.30. The zero-order valence-electron chi connectivity index (χ0n) is 19.7. The number of benzene rings is 2. The van der Waals surface area contributed by atoms with E-state index in [1.54, 1.807) is 25.1 Å². The fourth-order valence-corrected chi connectivity index (χ4v) is 3.65. The highest BCUT2D eigenvalue weighted by Crippen LogP contribution is 2.25. The first-order valence-electron chi connectivity index (χ1n) is 10.9. The largest absolute Gasteiger partial charge is 0.394 e. The number of halogens is 1. The molecule has 0 saturated heterocycles. The van der Waals surface area contributed by atoms with Crippen molar-refractivity contribution < 1.29 is 19.5 Å². The van der Waals surface area contributed by atoms with E-state index in [-0.39, 0.29) is 28.5 Å². The summed E-state index contributed by atoms with van der Waals surface area (Å²) in [5, 5.41) is 18.4. The quantitative estimate of drug-likeness (QED) is 0.389. The number of hydrogen-bond donors (Lipinski definition) is 4. The molecule has 3 rings (SSSR count). The van der Waals surface area contributed by atoms with Crippen molar-refractivity contribution in [3.05, 3.63) is 99.6 Å².